The van der Waals surface area contributed by atoms with Crippen LogP contribution >= 0.6 is 0 Å². The fourth-order valence-electron chi connectivity index (χ4n) is 12.2. The van der Waals surface area contributed by atoms with Gasteiger partial charge in [0.1, 0.15) is 11.8 Å². The van der Waals surface area contributed by atoms with Gasteiger partial charge in [-0.25, -0.2) is 4.79 Å². The normalized spacial score (nSPS) is 44.2. The van der Waals surface area contributed by atoms with Crippen molar-refractivity contribution >= 4 is 11.9 Å². The molecule has 4 N–H and O–H groups in total. The van der Waals surface area contributed by atoms with Crippen molar-refractivity contribution in [3.8, 4) is 5.75 Å². The summed E-state index contributed by atoms with van der Waals surface area (Å²) < 4.78 is 0. The van der Waals surface area contributed by atoms with Crippen LogP contribution in [0.1, 0.15) is 112 Å². The maximum Gasteiger partial charge on any atom is 0.326 e. The minimum absolute atomic E-state index is 0.0257. The summed E-state index contributed by atoms with van der Waals surface area (Å²) >= 11 is 0. The second-order valence-electron chi connectivity index (χ2n) is 17.4. The number of hydrogen-bond donors (Lipinski definition) is 4. The summed E-state index contributed by atoms with van der Waals surface area (Å²) in [5.41, 5.74) is 1.79. The van der Waals surface area contributed by atoms with E-state index in [0.717, 1.165) is 63.4 Å². The quantitative estimate of drug-likeness (QED) is 0.255. The van der Waals surface area contributed by atoms with Crippen molar-refractivity contribution in [3.05, 3.63) is 41.5 Å². The van der Waals surface area contributed by atoms with E-state index >= 15 is 0 Å². The molecule has 1 amide bonds. The third-order valence-electron chi connectivity index (χ3n) is 15.4. The zero-order chi connectivity index (χ0) is 32.7. The van der Waals surface area contributed by atoms with Gasteiger partial charge in [-0.2, -0.15) is 0 Å². The lowest BCUT2D eigenvalue weighted by Crippen LogP contribution is -2.66. The molecule has 5 aliphatic carbocycles. The van der Waals surface area contributed by atoms with Gasteiger partial charge in [-0.15, -0.1) is 0 Å². The molecule has 45 heavy (non-hydrogen) atoms. The summed E-state index contributed by atoms with van der Waals surface area (Å²) in [5, 5.41) is 34.0. The number of carboxylic acid groups (broad SMARTS) is 1. The number of fused-ring (bicyclic) bond motifs is 7. The summed E-state index contributed by atoms with van der Waals surface area (Å²) in [4.78, 5) is 27.0. The minimum atomic E-state index is -1.03. The maximum atomic E-state index is 14.6. The van der Waals surface area contributed by atoms with Gasteiger partial charge in [-0.1, -0.05) is 72.2 Å². The van der Waals surface area contributed by atoms with E-state index in [-0.39, 0.29) is 51.8 Å². The van der Waals surface area contributed by atoms with Crippen LogP contribution in [-0.2, 0) is 16.0 Å². The lowest BCUT2D eigenvalue weighted by Gasteiger charge is -2.71. The Morgan fingerprint density at radius 2 is 1.60 bits per heavy atom. The van der Waals surface area contributed by atoms with Crippen molar-refractivity contribution in [2.75, 3.05) is 0 Å². The van der Waals surface area contributed by atoms with E-state index in [0.29, 0.717) is 23.7 Å². The molecule has 0 bridgehead atoms. The highest BCUT2D eigenvalue weighted by Gasteiger charge is 2.69. The standard InChI is InChI=1S/C39H57NO5/c1-23-14-19-39(34(45)40-28(33(43)44)22-25-8-10-26(41)11-9-25)21-20-37(6)27(32(39)24(23)2)12-13-30-36(5)17-16-31(42)35(3,4)29(36)15-18-38(30,37)7/h8-12,23-24,28-32,41-42H,13-22H2,1-7H3,(H,40,45)(H,43,44)/t23-,24+,28?,29+,30-,31+,32+,36+,37-,38-,39+/m1/s1. The number of hydrogen-bond acceptors (Lipinski definition) is 4. The average Bonchev–Trinajstić information content (AvgIpc) is 2.98. The Bertz CT molecular complexity index is 1370. The number of benzene rings is 1. The van der Waals surface area contributed by atoms with Gasteiger partial charge in [0.15, 0.2) is 0 Å². The number of carbonyl (C=O) groups excluding carboxylic acids is 1. The van der Waals surface area contributed by atoms with Crippen LogP contribution in [-0.4, -0.2) is 39.3 Å². The van der Waals surface area contributed by atoms with Gasteiger partial charge >= 0.3 is 5.97 Å². The molecule has 6 nitrogen and oxygen atoms in total. The number of carbonyl (C=O) groups is 2. The molecule has 1 aromatic rings. The fraction of sp³-hybridized carbons (Fsp3) is 0.744. The monoisotopic (exact) mass is 619 g/mol. The van der Waals surface area contributed by atoms with E-state index in [1.165, 1.54) is 5.57 Å². The topological polar surface area (TPSA) is 107 Å². The molecule has 6 heteroatoms. The Labute approximate surface area is 270 Å². The molecular formula is C39H57NO5. The van der Waals surface area contributed by atoms with Crippen LogP contribution in [0.4, 0.5) is 0 Å². The third kappa shape index (κ3) is 4.65. The molecular weight excluding hydrogens is 562 g/mol. The highest BCUT2D eigenvalue weighted by atomic mass is 16.4. The first-order chi connectivity index (χ1) is 21.0. The zero-order valence-electron chi connectivity index (χ0n) is 28.7. The first-order valence-corrected chi connectivity index (χ1v) is 17.7. The number of phenols is 1. The van der Waals surface area contributed by atoms with Gasteiger partial charge in [-0.3, -0.25) is 4.79 Å². The Morgan fingerprint density at radius 3 is 2.27 bits per heavy atom. The highest BCUT2D eigenvalue weighted by molar-refractivity contribution is 5.88. The van der Waals surface area contributed by atoms with Crippen LogP contribution < -0.4 is 5.32 Å². The number of aliphatic carboxylic acids is 1. The Hall–Kier alpha value is -2.34. The summed E-state index contributed by atoms with van der Waals surface area (Å²) in [6.45, 7) is 16.9. The summed E-state index contributed by atoms with van der Waals surface area (Å²) in [6, 6.07) is 5.54. The van der Waals surface area contributed by atoms with Crippen molar-refractivity contribution in [1.29, 1.82) is 0 Å². The van der Waals surface area contributed by atoms with Gasteiger partial charge < -0.3 is 20.6 Å². The molecule has 11 atom stereocenters. The summed E-state index contributed by atoms with van der Waals surface area (Å²) in [6.07, 6.45) is 11.2. The highest BCUT2D eigenvalue weighted by Crippen LogP contribution is 2.75. The molecule has 5 aliphatic rings. The number of phenolic OH excluding ortho intramolecular Hbond substituents is 1. The number of aromatic hydroxyl groups is 1. The first kappa shape index (κ1) is 32.6. The molecule has 6 rings (SSSR count). The SMILES string of the molecule is C[C@H]1[C@H](C)CC[C@]2(C(=O)NC(Cc3ccc(O)cc3)C(=O)O)CC[C@]3(C)C(=CC[C@@H]4[C@@]5(C)CC[C@H](O)C(C)(C)[C@@H]5CC[C@]43C)[C@H]12. The second kappa shape index (κ2) is 10.9. The molecule has 0 aliphatic heterocycles. The van der Waals surface area contributed by atoms with Crippen LogP contribution in [0.5, 0.6) is 5.75 Å². The Kier molecular flexibility index (Phi) is 7.86. The lowest BCUT2D eigenvalue weighted by molar-refractivity contribution is -0.204. The molecule has 1 unspecified atom stereocenters. The first-order valence-electron chi connectivity index (χ1n) is 17.7. The third-order valence-corrected chi connectivity index (χ3v) is 15.4. The van der Waals surface area contributed by atoms with Crippen LogP contribution in [0.3, 0.4) is 0 Å². The number of aliphatic hydroxyl groups is 1. The number of aliphatic hydroxyl groups excluding tert-OH is 1. The van der Waals surface area contributed by atoms with Crippen molar-refractivity contribution < 1.29 is 24.9 Å². The van der Waals surface area contributed by atoms with Gasteiger partial charge in [0, 0.05) is 6.42 Å². The van der Waals surface area contributed by atoms with Gasteiger partial charge in [0.25, 0.3) is 0 Å². The van der Waals surface area contributed by atoms with E-state index < -0.39 is 17.4 Å². The Morgan fingerprint density at radius 1 is 0.911 bits per heavy atom. The fourth-order valence-corrected chi connectivity index (χ4v) is 12.2. The molecule has 0 saturated heterocycles. The predicted molar refractivity (Wildman–Crippen MR) is 176 cm³/mol. The molecule has 0 heterocycles. The number of carboxylic acids is 1. The molecule has 1 aromatic carbocycles. The maximum absolute atomic E-state index is 14.6. The van der Waals surface area contributed by atoms with Gasteiger partial charge in [0.05, 0.1) is 11.5 Å². The van der Waals surface area contributed by atoms with Crippen molar-refractivity contribution in [2.24, 2.45) is 56.7 Å². The van der Waals surface area contributed by atoms with Crippen LogP contribution in [0.15, 0.2) is 35.9 Å². The number of amides is 1. The number of rotatable bonds is 5. The zero-order valence-corrected chi connectivity index (χ0v) is 28.7. The average molecular weight is 620 g/mol. The van der Waals surface area contributed by atoms with Crippen molar-refractivity contribution in [3.63, 3.8) is 0 Å². The minimum Gasteiger partial charge on any atom is -0.508 e. The molecule has 0 aromatic heterocycles. The second-order valence-corrected chi connectivity index (χ2v) is 17.4. The van der Waals surface area contributed by atoms with Gasteiger partial charge in [0.2, 0.25) is 5.91 Å². The van der Waals surface area contributed by atoms with Crippen molar-refractivity contribution in [2.45, 2.75) is 125 Å². The number of nitrogens with one attached hydrogen (secondary N) is 1. The summed E-state index contributed by atoms with van der Waals surface area (Å²) in [5.74, 6) is 0.952. The molecule has 0 spiro atoms. The molecule has 4 saturated carbocycles. The molecule has 0 radical (unpaired) electrons. The predicted octanol–water partition coefficient (Wildman–Crippen LogP) is 7.52. The van der Waals surface area contributed by atoms with E-state index in [9.17, 15) is 24.9 Å². The van der Waals surface area contributed by atoms with Crippen LogP contribution in [0.25, 0.3) is 0 Å². The Balaban J connectivity index is 1.35. The summed E-state index contributed by atoms with van der Waals surface area (Å²) in [7, 11) is 0. The lowest BCUT2D eigenvalue weighted by atomic mass is 9.33. The van der Waals surface area contributed by atoms with Crippen molar-refractivity contribution in [1.82, 2.24) is 5.32 Å². The van der Waals surface area contributed by atoms with Gasteiger partial charge in [-0.05, 0) is 127 Å². The molecule has 4 fully saturated rings. The smallest absolute Gasteiger partial charge is 0.326 e. The van der Waals surface area contributed by atoms with E-state index in [1.54, 1.807) is 24.3 Å². The van der Waals surface area contributed by atoms with E-state index in [4.69, 9.17) is 0 Å². The van der Waals surface area contributed by atoms with E-state index in [1.807, 2.05) is 0 Å². The van der Waals surface area contributed by atoms with Crippen LogP contribution in [0.2, 0.25) is 0 Å². The number of allylic oxidation sites excluding steroid dienone is 2. The van der Waals surface area contributed by atoms with E-state index in [2.05, 4.69) is 59.9 Å². The molecule has 248 valence electrons. The largest absolute Gasteiger partial charge is 0.508 e. The van der Waals surface area contributed by atoms with Crippen LogP contribution in [0, 0.1) is 56.7 Å².